The number of hydrogen-bond acceptors (Lipinski definition) is 4. The second-order valence-electron chi connectivity index (χ2n) is 10.2. The van der Waals surface area contributed by atoms with Gasteiger partial charge in [0.25, 0.3) is 0 Å². The number of benzene rings is 2. The summed E-state index contributed by atoms with van der Waals surface area (Å²) in [5.74, 6) is -0.429. The van der Waals surface area contributed by atoms with E-state index >= 15 is 0 Å². The number of piperidine rings is 1. The lowest BCUT2D eigenvalue weighted by molar-refractivity contribution is -0.274. The van der Waals surface area contributed by atoms with Gasteiger partial charge in [0.1, 0.15) is 17.3 Å². The molecule has 1 spiro atoms. The molecule has 0 bridgehead atoms. The van der Waals surface area contributed by atoms with E-state index in [9.17, 15) is 27.2 Å². The summed E-state index contributed by atoms with van der Waals surface area (Å²) < 4.78 is 62.5. The Morgan fingerprint density at radius 2 is 1.82 bits per heavy atom. The third-order valence-electron chi connectivity index (χ3n) is 7.57. The van der Waals surface area contributed by atoms with Gasteiger partial charge in [-0.2, -0.15) is 0 Å². The number of nitrogens with one attached hydrogen (secondary N) is 2. The van der Waals surface area contributed by atoms with Gasteiger partial charge in [0.2, 0.25) is 5.91 Å². The van der Waals surface area contributed by atoms with Crippen molar-refractivity contribution in [1.82, 2.24) is 15.5 Å². The van der Waals surface area contributed by atoms with Crippen LogP contribution in [0.5, 0.6) is 11.5 Å². The molecular weight excluding hydrogens is 506 g/mol. The Kier molecular flexibility index (Phi) is 7.11. The summed E-state index contributed by atoms with van der Waals surface area (Å²) in [4.78, 5) is 27.0. The molecule has 0 radical (unpaired) electrons. The largest absolute Gasteiger partial charge is 0.573 e. The van der Waals surface area contributed by atoms with Crippen molar-refractivity contribution in [3.05, 3.63) is 59.4 Å². The van der Waals surface area contributed by atoms with Gasteiger partial charge in [-0.15, -0.1) is 13.2 Å². The first-order chi connectivity index (χ1) is 18.1. The van der Waals surface area contributed by atoms with Gasteiger partial charge in [-0.3, -0.25) is 4.79 Å². The zero-order valence-corrected chi connectivity index (χ0v) is 20.7. The summed E-state index contributed by atoms with van der Waals surface area (Å²) in [6, 6.07) is 9.71. The predicted octanol–water partition coefficient (Wildman–Crippen LogP) is 4.51. The minimum atomic E-state index is -4.86. The van der Waals surface area contributed by atoms with E-state index in [1.807, 2.05) is 0 Å². The van der Waals surface area contributed by atoms with Crippen molar-refractivity contribution in [3.63, 3.8) is 0 Å². The molecule has 1 unspecified atom stereocenters. The van der Waals surface area contributed by atoms with Gasteiger partial charge in [-0.25, -0.2) is 9.18 Å². The molecule has 3 amide bonds. The van der Waals surface area contributed by atoms with Gasteiger partial charge in [-0.1, -0.05) is 24.3 Å². The molecule has 1 atom stereocenters. The Bertz CT molecular complexity index is 1190. The van der Waals surface area contributed by atoms with Crippen LogP contribution in [0.1, 0.15) is 42.7 Å². The average molecular weight is 536 g/mol. The van der Waals surface area contributed by atoms with Gasteiger partial charge < -0.3 is 25.0 Å². The average Bonchev–Trinajstić information content (AvgIpc) is 3.69. The van der Waals surface area contributed by atoms with E-state index in [1.54, 1.807) is 17.0 Å². The summed E-state index contributed by atoms with van der Waals surface area (Å²) in [5.41, 5.74) is 0.246. The predicted molar refractivity (Wildman–Crippen MR) is 129 cm³/mol. The zero-order valence-electron chi connectivity index (χ0n) is 20.7. The number of halogens is 4. The van der Waals surface area contributed by atoms with E-state index in [1.165, 1.54) is 30.3 Å². The number of amides is 3. The van der Waals surface area contributed by atoms with E-state index in [4.69, 9.17) is 4.74 Å². The van der Waals surface area contributed by atoms with Crippen LogP contribution in [0.25, 0.3) is 0 Å². The maximum Gasteiger partial charge on any atom is 0.573 e. The maximum atomic E-state index is 14.1. The minimum Gasteiger partial charge on any atom is -0.493 e. The van der Waals surface area contributed by atoms with Crippen molar-refractivity contribution >= 4 is 11.9 Å². The lowest BCUT2D eigenvalue weighted by atomic mass is 9.71. The first-order valence-electron chi connectivity index (χ1n) is 12.7. The third kappa shape index (κ3) is 5.97. The highest BCUT2D eigenvalue weighted by Crippen LogP contribution is 2.42. The van der Waals surface area contributed by atoms with Crippen molar-refractivity contribution in [3.8, 4) is 11.5 Å². The highest BCUT2D eigenvalue weighted by atomic mass is 19.4. The van der Waals surface area contributed by atoms with Crippen LogP contribution in [0.15, 0.2) is 42.5 Å². The van der Waals surface area contributed by atoms with Crippen LogP contribution in [0.3, 0.4) is 0 Å². The lowest BCUT2D eigenvalue weighted by Crippen LogP contribution is -2.66. The highest BCUT2D eigenvalue weighted by molar-refractivity contribution is 5.80. The maximum absolute atomic E-state index is 14.1. The van der Waals surface area contributed by atoms with Gasteiger partial charge in [0.15, 0.2) is 0 Å². The second-order valence-corrected chi connectivity index (χ2v) is 10.2. The van der Waals surface area contributed by atoms with E-state index in [0.29, 0.717) is 50.8 Å². The number of rotatable bonds is 7. The Balaban J connectivity index is 1.30. The molecule has 1 saturated carbocycles. The van der Waals surface area contributed by atoms with E-state index in [2.05, 4.69) is 15.4 Å². The lowest BCUT2D eigenvalue weighted by Gasteiger charge is -2.49. The standard InChI is InChI=1S/C27H29F4N3O4/c28-19-7-8-20(23(14-19)37-16-17-5-6-17)21-15-32-25(36)33-26(21)9-11-34(12-10-26)24(35)13-18-3-1-2-4-22(18)38-27(29,30)31/h1-4,7-8,14,17,21H,5-6,9-13,15-16H2,(H2,32,33,36). The fourth-order valence-electron chi connectivity index (χ4n) is 5.35. The number of hydrogen-bond donors (Lipinski definition) is 2. The van der Waals surface area contributed by atoms with Crippen molar-refractivity contribution in [2.45, 2.75) is 49.9 Å². The van der Waals surface area contributed by atoms with Crippen LogP contribution in [0, 0.1) is 11.7 Å². The van der Waals surface area contributed by atoms with Crippen LogP contribution >= 0.6 is 0 Å². The molecule has 2 N–H and O–H groups in total. The summed E-state index contributed by atoms with van der Waals surface area (Å²) in [6.07, 6.45) is -2.07. The highest BCUT2D eigenvalue weighted by Gasteiger charge is 2.47. The fourth-order valence-corrected chi connectivity index (χ4v) is 5.35. The van der Waals surface area contributed by atoms with Gasteiger partial charge in [0, 0.05) is 42.7 Å². The number of alkyl halides is 3. The Morgan fingerprint density at radius 3 is 2.53 bits per heavy atom. The van der Waals surface area contributed by atoms with Crippen molar-refractivity contribution in [2.24, 2.45) is 5.92 Å². The van der Waals surface area contributed by atoms with Crippen molar-refractivity contribution in [2.75, 3.05) is 26.2 Å². The summed E-state index contributed by atoms with van der Waals surface area (Å²) in [7, 11) is 0. The number of nitrogens with zero attached hydrogens (tertiary/aromatic N) is 1. The number of ether oxygens (including phenoxy) is 2. The number of carbonyl (C=O) groups is 2. The quantitative estimate of drug-likeness (QED) is 0.512. The van der Waals surface area contributed by atoms with Gasteiger partial charge in [-0.05, 0) is 43.7 Å². The first-order valence-corrected chi connectivity index (χ1v) is 12.7. The third-order valence-corrected chi connectivity index (χ3v) is 7.57. The molecule has 2 aliphatic heterocycles. The fraction of sp³-hybridized carbons (Fsp3) is 0.481. The van der Waals surface area contributed by atoms with Crippen molar-refractivity contribution < 1.29 is 36.6 Å². The summed E-state index contributed by atoms with van der Waals surface area (Å²) in [6.45, 7) is 1.44. The van der Waals surface area contributed by atoms with Crippen LogP contribution in [0.2, 0.25) is 0 Å². The monoisotopic (exact) mass is 535 g/mol. The molecule has 38 heavy (non-hydrogen) atoms. The van der Waals surface area contributed by atoms with Gasteiger partial charge in [0.05, 0.1) is 18.6 Å². The molecule has 204 valence electrons. The molecule has 2 aromatic carbocycles. The Morgan fingerprint density at radius 1 is 1.08 bits per heavy atom. The van der Waals surface area contributed by atoms with Crippen LogP contribution in [-0.2, 0) is 11.2 Å². The number of para-hydroxylation sites is 1. The smallest absolute Gasteiger partial charge is 0.493 e. The second kappa shape index (κ2) is 10.3. The van der Waals surface area contributed by atoms with Crippen LogP contribution in [-0.4, -0.2) is 55.0 Å². The molecule has 5 rings (SSSR count). The SMILES string of the molecule is O=C1NCC(c2ccc(F)cc2OCC2CC2)C2(CCN(C(=O)Cc3ccccc3OC(F)(F)F)CC2)N1. The van der Waals surface area contributed by atoms with Gasteiger partial charge >= 0.3 is 12.4 Å². The number of carbonyl (C=O) groups excluding carboxylic acids is 2. The molecule has 11 heteroatoms. The topological polar surface area (TPSA) is 79.9 Å². The Labute approximate surface area is 217 Å². The minimum absolute atomic E-state index is 0.145. The molecule has 2 aromatic rings. The molecule has 7 nitrogen and oxygen atoms in total. The zero-order chi connectivity index (χ0) is 26.9. The molecule has 1 aliphatic carbocycles. The molecule has 3 aliphatic rings. The van der Waals surface area contributed by atoms with E-state index < -0.39 is 23.5 Å². The summed E-state index contributed by atoms with van der Waals surface area (Å²) >= 11 is 0. The number of urea groups is 1. The van der Waals surface area contributed by atoms with Crippen LogP contribution < -0.4 is 20.1 Å². The Hall–Kier alpha value is -3.50. The molecule has 2 saturated heterocycles. The molecular formula is C27H29F4N3O4. The van der Waals surface area contributed by atoms with Crippen molar-refractivity contribution in [1.29, 1.82) is 0 Å². The number of likely N-dealkylation sites (tertiary alicyclic amines) is 1. The normalized spacial score (nSPS) is 21.0. The molecule has 0 aromatic heterocycles. The molecule has 3 fully saturated rings. The van der Waals surface area contributed by atoms with E-state index in [-0.39, 0.29) is 29.8 Å². The van der Waals surface area contributed by atoms with Crippen LogP contribution in [0.4, 0.5) is 22.4 Å². The molecule has 2 heterocycles. The van der Waals surface area contributed by atoms with E-state index in [0.717, 1.165) is 18.4 Å². The first kappa shape index (κ1) is 26.1. The summed E-state index contributed by atoms with van der Waals surface area (Å²) in [5, 5.41) is 5.89.